The second-order valence-electron chi connectivity index (χ2n) is 4.40. The smallest absolute Gasteiger partial charge is 0.270 e. The molecular formula is C13H19N3O. The number of aromatic nitrogens is 1. The van der Waals surface area contributed by atoms with E-state index in [0.29, 0.717) is 11.7 Å². The zero-order chi connectivity index (χ0) is 12.1. The molecule has 0 unspecified atom stereocenters. The Morgan fingerprint density at radius 3 is 2.82 bits per heavy atom. The maximum absolute atomic E-state index is 11.9. The highest BCUT2D eigenvalue weighted by atomic mass is 16.1. The zero-order valence-electron chi connectivity index (χ0n) is 10.2. The van der Waals surface area contributed by atoms with Crippen molar-refractivity contribution in [2.75, 3.05) is 19.6 Å². The van der Waals surface area contributed by atoms with E-state index in [-0.39, 0.29) is 5.91 Å². The van der Waals surface area contributed by atoms with Crippen LogP contribution < -0.4 is 5.32 Å². The molecule has 0 saturated carbocycles. The predicted octanol–water partition coefficient (Wildman–Crippen LogP) is 1.30. The molecule has 1 N–H and O–H groups in total. The van der Waals surface area contributed by atoms with E-state index in [1.54, 1.807) is 12.3 Å². The molecular weight excluding hydrogens is 214 g/mol. The fraction of sp³-hybridized carbons (Fsp3) is 0.538. The van der Waals surface area contributed by atoms with Gasteiger partial charge in [0.15, 0.2) is 0 Å². The van der Waals surface area contributed by atoms with Crippen molar-refractivity contribution in [1.82, 2.24) is 15.2 Å². The monoisotopic (exact) mass is 233 g/mol. The van der Waals surface area contributed by atoms with Crippen LogP contribution in [0.15, 0.2) is 24.4 Å². The zero-order valence-corrected chi connectivity index (χ0v) is 10.2. The lowest BCUT2D eigenvalue weighted by Gasteiger charge is -2.31. The van der Waals surface area contributed by atoms with Crippen LogP contribution in [0.25, 0.3) is 0 Å². The van der Waals surface area contributed by atoms with Crippen molar-refractivity contribution in [2.45, 2.75) is 25.8 Å². The molecule has 0 bridgehead atoms. The van der Waals surface area contributed by atoms with Gasteiger partial charge in [-0.15, -0.1) is 0 Å². The normalized spacial score (nSPS) is 17.9. The second kappa shape index (κ2) is 5.77. The Kier molecular flexibility index (Phi) is 4.09. The number of rotatable bonds is 3. The van der Waals surface area contributed by atoms with Gasteiger partial charge in [0.25, 0.3) is 5.91 Å². The number of pyridine rings is 1. The number of piperidine rings is 1. The van der Waals surface area contributed by atoms with E-state index in [9.17, 15) is 4.79 Å². The molecule has 2 heterocycles. The highest BCUT2D eigenvalue weighted by Crippen LogP contribution is 2.10. The molecule has 1 saturated heterocycles. The average Bonchev–Trinajstić information content (AvgIpc) is 2.40. The van der Waals surface area contributed by atoms with Gasteiger partial charge in [-0.2, -0.15) is 0 Å². The molecule has 1 amide bonds. The highest BCUT2D eigenvalue weighted by Gasteiger charge is 2.20. The van der Waals surface area contributed by atoms with Crippen LogP contribution in [0.3, 0.4) is 0 Å². The van der Waals surface area contributed by atoms with E-state index in [0.717, 1.165) is 32.5 Å². The Morgan fingerprint density at radius 2 is 2.24 bits per heavy atom. The SMILES string of the molecule is CCN1CCC(NC(=O)c2ccccn2)CC1. The first-order valence-electron chi connectivity index (χ1n) is 6.24. The van der Waals surface area contributed by atoms with Gasteiger partial charge in [0, 0.05) is 25.3 Å². The maximum atomic E-state index is 11.9. The number of carbonyl (C=O) groups is 1. The topological polar surface area (TPSA) is 45.2 Å². The molecule has 4 heteroatoms. The van der Waals surface area contributed by atoms with E-state index in [2.05, 4.69) is 22.1 Å². The second-order valence-corrected chi connectivity index (χ2v) is 4.40. The number of nitrogens with one attached hydrogen (secondary N) is 1. The summed E-state index contributed by atoms with van der Waals surface area (Å²) >= 11 is 0. The summed E-state index contributed by atoms with van der Waals surface area (Å²) < 4.78 is 0. The van der Waals surface area contributed by atoms with Crippen LogP contribution in [0.4, 0.5) is 0 Å². The summed E-state index contributed by atoms with van der Waals surface area (Å²) in [5.41, 5.74) is 0.505. The molecule has 0 aromatic carbocycles. The molecule has 92 valence electrons. The van der Waals surface area contributed by atoms with Crippen molar-refractivity contribution in [3.63, 3.8) is 0 Å². The molecule has 17 heavy (non-hydrogen) atoms. The van der Waals surface area contributed by atoms with E-state index in [1.165, 1.54) is 0 Å². The first kappa shape index (κ1) is 12.0. The van der Waals surface area contributed by atoms with Crippen molar-refractivity contribution in [2.24, 2.45) is 0 Å². The van der Waals surface area contributed by atoms with E-state index in [4.69, 9.17) is 0 Å². The minimum absolute atomic E-state index is 0.0550. The minimum atomic E-state index is -0.0550. The lowest BCUT2D eigenvalue weighted by atomic mass is 10.0. The van der Waals surface area contributed by atoms with Crippen molar-refractivity contribution in [3.05, 3.63) is 30.1 Å². The quantitative estimate of drug-likeness (QED) is 0.855. The summed E-state index contributed by atoms with van der Waals surface area (Å²) in [6, 6.07) is 5.70. The predicted molar refractivity (Wildman–Crippen MR) is 66.8 cm³/mol. The summed E-state index contributed by atoms with van der Waals surface area (Å²) in [5, 5.41) is 3.05. The molecule has 0 spiro atoms. The molecule has 0 aliphatic carbocycles. The first-order chi connectivity index (χ1) is 8.29. The molecule has 2 rings (SSSR count). The standard InChI is InChI=1S/C13H19N3O/c1-2-16-9-6-11(7-10-16)15-13(17)12-5-3-4-8-14-12/h3-5,8,11H,2,6-7,9-10H2,1H3,(H,15,17). The van der Waals surface area contributed by atoms with Crippen molar-refractivity contribution >= 4 is 5.91 Å². The molecule has 0 radical (unpaired) electrons. The fourth-order valence-electron chi connectivity index (χ4n) is 2.15. The Labute approximate surface area is 102 Å². The van der Waals surface area contributed by atoms with Crippen LogP contribution >= 0.6 is 0 Å². The van der Waals surface area contributed by atoms with Crippen LogP contribution in [0, 0.1) is 0 Å². The lowest BCUT2D eigenvalue weighted by Crippen LogP contribution is -2.44. The van der Waals surface area contributed by atoms with Gasteiger partial charge in [-0.05, 0) is 31.5 Å². The third-order valence-corrected chi connectivity index (χ3v) is 3.27. The van der Waals surface area contributed by atoms with Crippen molar-refractivity contribution in [3.8, 4) is 0 Å². The summed E-state index contributed by atoms with van der Waals surface area (Å²) in [4.78, 5) is 18.3. The minimum Gasteiger partial charge on any atom is -0.348 e. The van der Waals surface area contributed by atoms with E-state index in [1.807, 2.05) is 12.1 Å². The van der Waals surface area contributed by atoms with Crippen LogP contribution in [0.5, 0.6) is 0 Å². The number of carbonyl (C=O) groups excluding carboxylic acids is 1. The number of hydrogen-bond acceptors (Lipinski definition) is 3. The maximum Gasteiger partial charge on any atom is 0.270 e. The van der Waals surface area contributed by atoms with Crippen molar-refractivity contribution in [1.29, 1.82) is 0 Å². The van der Waals surface area contributed by atoms with Gasteiger partial charge in [-0.1, -0.05) is 13.0 Å². The highest BCUT2D eigenvalue weighted by molar-refractivity contribution is 5.92. The first-order valence-corrected chi connectivity index (χ1v) is 6.24. The van der Waals surface area contributed by atoms with Crippen molar-refractivity contribution < 1.29 is 4.79 Å². The molecule has 1 fully saturated rings. The van der Waals surface area contributed by atoms with Gasteiger partial charge in [0.2, 0.25) is 0 Å². The molecule has 4 nitrogen and oxygen atoms in total. The van der Waals surface area contributed by atoms with Gasteiger partial charge in [0.1, 0.15) is 5.69 Å². The molecule has 1 aromatic heterocycles. The number of likely N-dealkylation sites (tertiary alicyclic amines) is 1. The van der Waals surface area contributed by atoms with Crippen LogP contribution in [-0.4, -0.2) is 41.5 Å². The summed E-state index contributed by atoms with van der Waals surface area (Å²) in [6.45, 7) is 5.42. The van der Waals surface area contributed by atoms with Gasteiger partial charge in [0.05, 0.1) is 0 Å². The van der Waals surface area contributed by atoms with Crippen LogP contribution in [0.2, 0.25) is 0 Å². The molecule has 1 aliphatic heterocycles. The van der Waals surface area contributed by atoms with E-state index < -0.39 is 0 Å². The molecule has 1 aliphatic rings. The number of nitrogens with zero attached hydrogens (tertiary/aromatic N) is 2. The number of amides is 1. The summed E-state index contributed by atoms with van der Waals surface area (Å²) in [5.74, 6) is -0.0550. The third-order valence-electron chi connectivity index (χ3n) is 3.27. The summed E-state index contributed by atoms with van der Waals surface area (Å²) in [6.07, 6.45) is 3.72. The fourth-order valence-corrected chi connectivity index (χ4v) is 2.15. The third kappa shape index (κ3) is 3.27. The number of hydrogen-bond donors (Lipinski definition) is 1. The Balaban J connectivity index is 1.84. The van der Waals surface area contributed by atoms with Gasteiger partial charge in [-0.3, -0.25) is 9.78 Å². The average molecular weight is 233 g/mol. The Bertz CT molecular complexity index is 358. The van der Waals surface area contributed by atoms with E-state index >= 15 is 0 Å². The van der Waals surface area contributed by atoms with Gasteiger partial charge >= 0.3 is 0 Å². The Hall–Kier alpha value is -1.42. The molecule has 1 aromatic rings. The van der Waals surface area contributed by atoms with Crippen LogP contribution in [0.1, 0.15) is 30.3 Å². The molecule has 0 atom stereocenters. The summed E-state index contributed by atoms with van der Waals surface area (Å²) in [7, 11) is 0. The van der Waals surface area contributed by atoms with Crippen LogP contribution in [-0.2, 0) is 0 Å². The largest absolute Gasteiger partial charge is 0.348 e. The Morgan fingerprint density at radius 1 is 1.47 bits per heavy atom. The van der Waals surface area contributed by atoms with Gasteiger partial charge < -0.3 is 10.2 Å². The lowest BCUT2D eigenvalue weighted by molar-refractivity contribution is 0.0907. The van der Waals surface area contributed by atoms with Gasteiger partial charge in [-0.25, -0.2) is 0 Å².